The van der Waals surface area contributed by atoms with Crippen molar-refractivity contribution in [1.82, 2.24) is 0 Å². The Morgan fingerprint density at radius 3 is 2.69 bits per heavy atom. The van der Waals surface area contributed by atoms with Crippen molar-refractivity contribution in [2.24, 2.45) is 16.5 Å². The number of nitrogens with zero attached hydrogens (tertiary/aromatic N) is 1. The molecule has 0 fully saturated rings. The van der Waals surface area contributed by atoms with Gasteiger partial charge in [0.15, 0.2) is 11.1 Å². The molecule has 0 heterocycles. The zero-order valence-electron chi connectivity index (χ0n) is 7.75. The number of thioether (sulfide) groups is 1. The van der Waals surface area contributed by atoms with Crippen LogP contribution in [0.15, 0.2) is 4.99 Å². The number of rotatable bonds is 5. The third kappa shape index (κ3) is 9.16. The Hall–Kier alpha value is -0.750. The van der Waals surface area contributed by atoms with E-state index in [9.17, 15) is 0 Å². The van der Waals surface area contributed by atoms with Crippen molar-refractivity contribution < 1.29 is 4.74 Å². The number of methoxy groups -OCH3 is 1. The first-order valence-electron chi connectivity index (χ1n) is 3.96. The Balaban J connectivity index is 3.33. The summed E-state index contributed by atoms with van der Waals surface area (Å²) in [7, 11) is 1.68. The SMILES string of the molecule is COCCCCSC(=N)N=C(N)N. The first-order valence-corrected chi connectivity index (χ1v) is 4.95. The van der Waals surface area contributed by atoms with Gasteiger partial charge in [-0.25, -0.2) is 0 Å². The van der Waals surface area contributed by atoms with Crippen LogP contribution in [-0.2, 0) is 4.74 Å². The Bertz CT molecular complexity index is 179. The van der Waals surface area contributed by atoms with Crippen molar-refractivity contribution >= 4 is 22.9 Å². The van der Waals surface area contributed by atoms with Crippen molar-refractivity contribution in [3.05, 3.63) is 0 Å². The van der Waals surface area contributed by atoms with E-state index in [0.717, 1.165) is 25.2 Å². The molecule has 0 radical (unpaired) electrons. The molecule has 0 rings (SSSR count). The van der Waals surface area contributed by atoms with E-state index in [-0.39, 0.29) is 11.1 Å². The fourth-order valence-electron chi connectivity index (χ4n) is 0.667. The summed E-state index contributed by atoms with van der Waals surface area (Å²) in [6.07, 6.45) is 2.00. The fraction of sp³-hybridized carbons (Fsp3) is 0.714. The minimum absolute atomic E-state index is 0.0607. The zero-order chi connectivity index (χ0) is 10.1. The number of nitrogens with one attached hydrogen (secondary N) is 1. The van der Waals surface area contributed by atoms with Gasteiger partial charge in [0.25, 0.3) is 0 Å². The lowest BCUT2D eigenvalue weighted by Crippen LogP contribution is -2.23. The summed E-state index contributed by atoms with van der Waals surface area (Å²) in [6, 6.07) is 0. The molecule has 5 nitrogen and oxygen atoms in total. The minimum atomic E-state index is -0.0607. The number of aliphatic imine (C=N–C) groups is 1. The van der Waals surface area contributed by atoms with Crippen LogP contribution < -0.4 is 11.5 Å². The quantitative estimate of drug-likeness (QED) is 0.342. The second-order valence-electron chi connectivity index (χ2n) is 2.39. The Labute approximate surface area is 82.4 Å². The second-order valence-corrected chi connectivity index (χ2v) is 3.47. The number of hydrogen-bond donors (Lipinski definition) is 3. The smallest absolute Gasteiger partial charge is 0.193 e. The maximum atomic E-state index is 7.28. The fourth-order valence-corrected chi connectivity index (χ4v) is 1.38. The molecule has 0 amide bonds. The highest BCUT2D eigenvalue weighted by Crippen LogP contribution is 2.06. The molecule has 13 heavy (non-hydrogen) atoms. The van der Waals surface area contributed by atoms with Gasteiger partial charge in [0.2, 0.25) is 0 Å². The third-order valence-corrected chi connectivity index (χ3v) is 2.07. The summed E-state index contributed by atoms with van der Waals surface area (Å²) in [5.74, 6) is 0.785. The highest BCUT2D eigenvalue weighted by molar-refractivity contribution is 8.13. The number of hydrogen-bond acceptors (Lipinski definition) is 3. The predicted octanol–water partition coefficient (Wildman–Crippen LogP) is 0.354. The Morgan fingerprint density at radius 1 is 1.46 bits per heavy atom. The topological polar surface area (TPSA) is 97.5 Å². The van der Waals surface area contributed by atoms with Crippen molar-refractivity contribution in [3.8, 4) is 0 Å². The Morgan fingerprint density at radius 2 is 2.15 bits per heavy atom. The van der Waals surface area contributed by atoms with Gasteiger partial charge in [0, 0.05) is 19.5 Å². The molecule has 0 aromatic heterocycles. The van der Waals surface area contributed by atoms with E-state index in [2.05, 4.69) is 4.99 Å². The first kappa shape index (κ1) is 12.2. The number of unbranched alkanes of at least 4 members (excludes halogenated alkanes) is 1. The molecule has 0 saturated carbocycles. The van der Waals surface area contributed by atoms with Crippen LogP contribution in [0.3, 0.4) is 0 Å². The molecule has 0 atom stereocenters. The molecule has 0 bridgehead atoms. The molecule has 0 aliphatic carbocycles. The second kappa shape index (κ2) is 7.88. The van der Waals surface area contributed by atoms with Crippen LogP contribution in [0.2, 0.25) is 0 Å². The molecule has 0 spiro atoms. The van der Waals surface area contributed by atoms with Gasteiger partial charge in [-0.05, 0) is 12.8 Å². The maximum absolute atomic E-state index is 7.28. The summed E-state index contributed by atoms with van der Waals surface area (Å²) in [5.41, 5.74) is 10.2. The molecule has 0 aromatic rings. The Kier molecular flexibility index (Phi) is 7.42. The molecule has 0 saturated heterocycles. The number of nitrogens with two attached hydrogens (primary N) is 2. The van der Waals surface area contributed by atoms with Crippen molar-refractivity contribution in [1.29, 1.82) is 5.41 Å². The van der Waals surface area contributed by atoms with Gasteiger partial charge in [-0.3, -0.25) is 5.41 Å². The minimum Gasteiger partial charge on any atom is -0.385 e. The highest BCUT2D eigenvalue weighted by atomic mass is 32.2. The highest BCUT2D eigenvalue weighted by Gasteiger charge is 1.95. The standard InChI is InChI=1S/C7H16N4OS/c1-12-4-2-3-5-13-7(10)11-6(8)9/h2-5H2,1H3,(H5,8,9,10,11). The van der Waals surface area contributed by atoms with E-state index in [1.165, 1.54) is 11.8 Å². The number of amidine groups is 1. The van der Waals surface area contributed by atoms with E-state index in [0.29, 0.717) is 0 Å². The summed E-state index contributed by atoms with van der Waals surface area (Å²) >= 11 is 1.34. The summed E-state index contributed by atoms with van der Waals surface area (Å²) in [4.78, 5) is 3.58. The molecular formula is C7H16N4OS. The monoisotopic (exact) mass is 204 g/mol. The lowest BCUT2D eigenvalue weighted by molar-refractivity contribution is 0.194. The molecule has 0 aliphatic heterocycles. The lowest BCUT2D eigenvalue weighted by atomic mass is 10.4. The number of ether oxygens (including phenoxy) is 1. The zero-order valence-corrected chi connectivity index (χ0v) is 8.56. The summed E-state index contributed by atoms with van der Waals surface area (Å²) < 4.78 is 4.88. The van der Waals surface area contributed by atoms with Gasteiger partial charge in [-0.1, -0.05) is 11.8 Å². The average Bonchev–Trinajstić information content (AvgIpc) is 2.02. The van der Waals surface area contributed by atoms with Crippen LogP contribution >= 0.6 is 11.8 Å². The molecule has 0 aliphatic rings. The molecule has 5 N–H and O–H groups in total. The van der Waals surface area contributed by atoms with Crippen molar-refractivity contribution in [3.63, 3.8) is 0 Å². The largest absolute Gasteiger partial charge is 0.385 e. The van der Waals surface area contributed by atoms with E-state index in [4.69, 9.17) is 21.6 Å². The van der Waals surface area contributed by atoms with Gasteiger partial charge in [0.1, 0.15) is 0 Å². The maximum Gasteiger partial charge on any atom is 0.193 e. The molecule has 76 valence electrons. The van der Waals surface area contributed by atoms with Gasteiger partial charge in [0.05, 0.1) is 0 Å². The van der Waals surface area contributed by atoms with E-state index >= 15 is 0 Å². The van der Waals surface area contributed by atoms with E-state index in [1.54, 1.807) is 7.11 Å². The predicted molar refractivity (Wildman–Crippen MR) is 57.1 cm³/mol. The van der Waals surface area contributed by atoms with Crippen LogP contribution in [0.1, 0.15) is 12.8 Å². The number of guanidine groups is 1. The van der Waals surface area contributed by atoms with Gasteiger partial charge < -0.3 is 16.2 Å². The third-order valence-electron chi connectivity index (χ3n) is 1.21. The van der Waals surface area contributed by atoms with Crippen LogP contribution in [0, 0.1) is 5.41 Å². The molecular weight excluding hydrogens is 188 g/mol. The summed E-state index contributed by atoms with van der Waals surface area (Å²) in [6.45, 7) is 0.760. The van der Waals surface area contributed by atoms with Gasteiger partial charge in [-0.15, -0.1) is 0 Å². The van der Waals surface area contributed by atoms with Crippen LogP contribution in [0.25, 0.3) is 0 Å². The summed E-state index contributed by atoms with van der Waals surface area (Å²) in [5, 5.41) is 7.45. The van der Waals surface area contributed by atoms with E-state index in [1.807, 2.05) is 0 Å². The van der Waals surface area contributed by atoms with E-state index < -0.39 is 0 Å². The van der Waals surface area contributed by atoms with Crippen LogP contribution in [-0.4, -0.2) is 30.6 Å². The molecule has 6 heteroatoms. The van der Waals surface area contributed by atoms with Crippen molar-refractivity contribution in [2.75, 3.05) is 19.5 Å². The normalized spacial score (nSPS) is 9.62. The van der Waals surface area contributed by atoms with Crippen LogP contribution in [0.5, 0.6) is 0 Å². The van der Waals surface area contributed by atoms with Gasteiger partial charge >= 0.3 is 0 Å². The molecule has 0 aromatic carbocycles. The first-order chi connectivity index (χ1) is 6.16. The lowest BCUT2D eigenvalue weighted by Gasteiger charge is -1.99. The molecule has 0 unspecified atom stereocenters. The van der Waals surface area contributed by atoms with Crippen molar-refractivity contribution in [2.45, 2.75) is 12.8 Å². The van der Waals surface area contributed by atoms with Gasteiger partial charge in [-0.2, -0.15) is 4.99 Å². The van der Waals surface area contributed by atoms with Crippen LogP contribution in [0.4, 0.5) is 0 Å². The average molecular weight is 204 g/mol.